The van der Waals surface area contributed by atoms with Gasteiger partial charge in [0.05, 0.1) is 11.3 Å². The third-order valence-corrected chi connectivity index (χ3v) is 4.53. The number of benzene rings is 2. The van der Waals surface area contributed by atoms with Crippen molar-refractivity contribution >= 4 is 23.6 Å². The number of thioether (sulfide) groups is 1. The van der Waals surface area contributed by atoms with Crippen LogP contribution in [0, 0.1) is 0 Å². The van der Waals surface area contributed by atoms with Crippen molar-refractivity contribution in [2.24, 2.45) is 5.73 Å². The molecule has 0 unspecified atom stereocenters. The monoisotopic (exact) mass is 328 g/mol. The average molecular weight is 328 g/mol. The first-order valence-corrected chi connectivity index (χ1v) is 8.39. The van der Waals surface area contributed by atoms with Crippen molar-refractivity contribution in [1.29, 1.82) is 0 Å². The highest BCUT2D eigenvalue weighted by Gasteiger charge is 2.13. The smallest absolute Gasteiger partial charge is 0.252 e. The van der Waals surface area contributed by atoms with Crippen LogP contribution in [0.4, 0.5) is 0 Å². The molecule has 0 heterocycles. The van der Waals surface area contributed by atoms with Crippen molar-refractivity contribution < 1.29 is 9.59 Å². The van der Waals surface area contributed by atoms with E-state index in [9.17, 15) is 9.59 Å². The molecular formula is C18H20N2O2S. The van der Waals surface area contributed by atoms with Gasteiger partial charge in [0, 0.05) is 11.4 Å². The van der Waals surface area contributed by atoms with Gasteiger partial charge in [-0.3, -0.25) is 9.59 Å². The molecule has 3 N–H and O–H groups in total. The molecule has 4 nitrogen and oxygen atoms in total. The lowest BCUT2D eigenvalue weighted by atomic mass is 10.0. The van der Waals surface area contributed by atoms with Crippen LogP contribution in [-0.2, 0) is 4.79 Å². The Balaban J connectivity index is 1.99. The van der Waals surface area contributed by atoms with E-state index < -0.39 is 5.91 Å². The summed E-state index contributed by atoms with van der Waals surface area (Å²) in [6.07, 6.45) is 0. The summed E-state index contributed by atoms with van der Waals surface area (Å²) in [5, 5.41) is 2.96. The molecule has 5 heteroatoms. The quantitative estimate of drug-likeness (QED) is 0.768. The third-order valence-electron chi connectivity index (χ3n) is 3.44. The number of hydrogen-bond acceptors (Lipinski definition) is 3. The first-order chi connectivity index (χ1) is 11.1. The molecule has 2 rings (SSSR count). The van der Waals surface area contributed by atoms with E-state index in [0.717, 1.165) is 4.90 Å². The zero-order valence-corrected chi connectivity index (χ0v) is 13.8. The van der Waals surface area contributed by atoms with Crippen LogP contribution in [0.25, 0.3) is 0 Å². The Hall–Kier alpha value is -2.27. The van der Waals surface area contributed by atoms with Crippen LogP contribution in [0.2, 0.25) is 0 Å². The zero-order chi connectivity index (χ0) is 16.7. The molecular weight excluding hydrogens is 308 g/mol. The minimum absolute atomic E-state index is 0.139. The van der Waals surface area contributed by atoms with Crippen LogP contribution >= 0.6 is 11.8 Å². The summed E-state index contributed by atoms with van der Waals surface area (Å²) in [6.45, 7) is 2.63. The van der Waals surface area contributed by atoms with Gasteiger partial charge in [-0.15, -0.1) is 11.8 Å². The Morgan fingerprint density at radius 3 is 2.43 bits per heavy atom. The highest BCUT2D eigenvalue weighted by Crippen LogP contribution is 2.22. The van der Waals surface area contributed by atoms with Crippen molar-refractivity contribution in [1.82, 2.24) is 5.32 Å². The molecule has 2 amide bonds. The number of nitrogens with one attached hydrogen (secondary N) is 1. The lowest BCUT2D eigenvalue weighted by Gasteiger charge is -2.14. The largest absolute Gasteiger partial charge is 0.369 e. The Kier molecular flexibility index (Phi) is 6.23. The molecule has 0 aromatic heterocycles. The zero-order valence-electron chi connectivity index (χ0n) is 13.0. The Morgan fingerprint density at radius 2 is 1.74 bits per heavy atom. The van der Waals surface area contributed by atoms with E-state index in [2.05, 4.69) is 12.2 Å². The fourth-order valence-electron chi connectivity index (χ4n) is 2.17. The van der Waals surface area contributed by atoms with E-state index in [1.54, 1.807) is 6.07 Å². The van der Waals surface area contributed by atoms with Gasteiger partial charge in [-0.05, 0) is 23.6 Å². The van der Waals surface area contributed by atoms with E-state index in [1.807, 2.05) is 48.5 Å². The molecule has 0 saturated carbocycles. The standard InChI is InChI=1S/C18H20N2O2S/c1-13(14-7-3-2-4-8-14)11-20-18(22)15-9-5-6-10-16(15)23-12-17(19)21/h2-10,13H,11-12H2,1H3,(H2,19,21)(H,20,22)/t13-/m0/s1. The summed E-state index contributed by atoms with van der Waals surface area (Å²) in [4.78, 5) is 24.1. The highest BCUT2D eigenvalue weighted by molar-refractivity contribution is 8.00. The number of rotatable bonds is 7. The van der Waals surface area contributed by atoms with Crippen LogP contribution in [0.5, 0.6) is 0 Å². The van der Waals surface area contributed by atoms with Crippen LogP contribution in [-0.4, -0.2) is 24.1 Å². The molecule has 0 spiro atoms. The number of amides is 2. The van der Waals surface area contributed by atoms with E-state index in [-0.39, 0.29) is 17.6 Å². The van der Waals surface area contributed by atoms with Gasteiger partial charge < -0.3 is 11.1 Å². The predicted octanol–water partition coefficient (Wildman–Crippen LogP) is 2.80. The van der Waals surface area contributed by atoms with Gasteiger partial charge in [0.1, 0.15) is 0 Å². The van der Waals surface area contributed by atoms with Crippen molar-refractivity contribution in [3.05, 3.63) is 65.7 Å². The summed E-state index contributed by atoms with van der Waals surface area (Å²) in [7, 11) is 0. The molecule has 120 valence electrons. The van der Waals surface area contributed by atoms with Crippen molar-refractivity contribution in [2.75, 3.05) is 12.3 Å². The first-order valence-electron chi connectivity index (χ1n) is 7.41. The average Bonchev–Trinajstić information content (AvgIpc) is 2.58. The van der Waals surface area contributed by atoms with Crippen molar-refractivity contribution in [2.45, 2.75) is 17.7 Å². The van der Waals surface area contributed by atoms with Gasteiger partial charge in [-0.2, -0.15) is 0 Å². The van der Waals surface area contributed by atoms with Gasteiger partial charge in [0.2, 0.25) is 5.91 Å². The predicted molar refractivity (Wildman–Crippen MR) is 93.6 cm³/mol. The van der Waals surface area contributed by atoms with Crippen LogP contribution in [0.1, 0.15) is 28.8 Å². The minimum Gasteiger partial charge on any atom is -0.369 e. The number of hydrogen-bond donors (Lipinski definition) is 2. The molecule has 0 radical (unpaired) electrons. The SMILES string of the molecule is C[C@@H](CNC(=O)c1ccccc1SCC(N)=O)c1ccccc1. The molecule has 2 aromatic carbocycles. The molecule has 23 heavy (non-hydrogen) atoms. The molecule has 0 saturated heterocycles. The second-order valence-electron chi connectivity index (χ2n) is 5.27. The molecule has 0 aliphatic rings. The molecule has 0 aliphatic heterocycles. The number of carbonyl (C=O) groups excluding carboxylic acids is 2. The topological polar surface area (TPSA) is 72.2 Å². The van der Waals surface area contributed by atoms with Crippen LogP contribution < -0.4 is 11.1 Å². The first kappa shape index (κ1) is 17.1. The lowest BCUT2D eigenvalue weighted by Crippen LogP contribution is -2.28. The van der Waals surface area contributed by atoms with Crippen molar-refractivity contribution in [3.63, 3.8) is 0 Å². The second kappa shape index (κ2) is 8.39. The van der Waals surface area contributed by atoms with Crippen LogP contribution in [0.15, 0.2) is 59.5 Å². The lowest BCUT2D eigenvalue weighted by molar-refractivity contribution is -0.115. The minimum atomic E-state index is -0.400. The fourth-order valence-corrected chi connectivity index (χ4v) is 2.96. The molecule has 1 atom stereocenters. The normalized spacial score (nSPS) is 11.7. The summed E-state index contributed by atoms with van der Waals surface area (Å²) >= 11 is 1.28. The maximum absolute atomic E-state index is 12.4. The summed E-state index contributed by atoms with van der Waals surface area (Å²) in [6, 6.07) is 17.3. The van der Waals surface area contributed by atoms with Crippen LogP contribution in [0.3, 0.4) is 0 Å². The number of primary amides is 1. The van der Waals surface area contributed by atoms with Gasteiger partial charge >= 0.3 is 0 Å². The Labute approximate surface area is 140 Å². The van der Waals surface area contributed by atoms with Gasteiger partial charge in [0.25, 0.3) is 5.91 Å². The fraction of sp³-hybridized carbons (Fsp3) is 0.222. The maximum Gasteiger partial charge on any atom is 0.252 e. The maximum atomic E-state index is 12.4. The highest BCUT2D eigenvalue weighted by atomic mass is 32.2. The van der Waals surface area contributed by atoms with Gasteiger partial charge in [-0.1, -0.05) is 49.4 Å². The molecule has 2 aromatic rings. The summed E-state index contributed by atoms with van der Waals surface area (Å²) in [5.74, 6) is -0.154. The summed E-state index contributed by atoms with van der Waals surface area (Å²) in [5.41, 5.74) is 6.92. The molecule has 0 fully saturated rings. The van der Waals surface area contributed by atoms with Crippen molar-refractivity contribution in [3.8, 4) is 0 Å². The summed E-state index contributed by atoms with van der Waals surface area (Å²) < 4.78 is 0. The Morgan fingerprint density at radius 1 is 1.09 bits per heavy atom. The third kappa shape index (κ3) is 5.14. The van der Waals surface area contributed by atoms with Gasteiger partial charge in [-0.25, -0.2) is 0 Å². The van der Waals surface area contributed by atoms with E-state index in [0.29, 0.717) is 12.1 Å². The second-order valence-corrected chi connectivity index (χ2v) is 6.29. The molecule has 0 bridgehead atoms. The van der Waals surface area contributed by atoms with E-state index >= 15 is 0 Å². The molecule has 0 aliphatic carbocycles. The number of nitrogens with two attached hydrogens (primary N) is 1. The van der Waals surface area contributed by atoms with E-state index in [1.165, 1.54) is 17.3 Å². The number of carbonyl (C=O) groups is 2. The Bertz CT molecular complexity index is 674. The van der Waals surface area contributed by atoms with Gasteiger partial charge in [0.15, 0.2) is 0 Å². The van der Waals surface area contributed by atoms with E-state index in [4.69, 9.17) is 5.73 Å².